The molecule has 21 heavy (non-hydrogen) atoms. The normalized spacial score (nSPS) is 10.0. The number of methoxy groups -OCH3 is 1. The molecule has 0 aliphatic rings. The van der Waals surface area contributed by atoms with Gasteiger partial charge in [0.1, 0.15) is 5.75 Å². The molecule has 1 nitrogen and oxygen atoms in total. The second kappa shape index (κ2) is 6.19. The number of hydrogen-bond donors (Lipinski definition) is 0. The fraction of sp³-hybridized carbons (Fsp3) is 0.0526. The van der Waals surface area contributed by atoms with Gasteiger partial charge in [0.15, 0.2) is 0 Å². The van der Waals surface area contributed by atoms with Crippen molar-refractivity contribution in [2.45, 2.75) is 0 Å². The SMILES string of the molecule is COc1ccc(C#Cc2cccc3cccc(I)c23)cc1. The van der Waals surface area contributed by atoms with Gasteiger partial charge in [-0.25, -0.2) is 0 Å². The van der Waals surface area contributed by atoms with E-state index in [1.54, 1.807) is 7.11 Å². The Morgan fingerprint density at radius 2 is 1.57 bits per heavy atom. The molecule has 0 atom stereocenters. The number of ether oxygens (including phenoxy) is 1. The van der Waals surface area contributed by atoms with Crippen molar-refractivity contribution in [3.8, 4) is 17.6 Å². The topological polar surface area (TPSA) is 9.23 Å². The van der Waals surface area contributed by atoms with Gasteiger partial charge in [0.05, 0.1) is 7.11 Å². The van der Waals surface area contributed by atoms with Crippen LogP contribution in [0.4, 0.5) is 0 Å². The third kappa shape index (κ3) is 3.03. The van der Waals surface area contributed by atoms with Gasteiger partial charge >= 0.3 is 0 Å². The number of benzene rings is 3. The Morgan fingerprint density at radius 3 is 2.29 bits per heavy atom. The standard InChI is InChI=1S/C19H13IO/c1-21-17-12-9-14(10-13-17)8-11-16-5-2-4-15-6-3-7-18(20)19(15)16/h2-7,9-10,12-13H,1H3. The van der Waals surface area contributed by atoms with Crippen LogP contribution < -0.4 is 4.74 Å². The van der Waals surface area contributed by atoms with Crippen LogP contribution in [0.15, 0.2) is 60.7 Å². The van der Waals surface area contributed by atoms with Crippen LogP contribution in [-0.4, -0.2) is 7.11 Å². The first-order valence-electron chi connectivity index (χ1n) is 6.61. The molecule has 2 heteroatoms. The van der Waals surface area contributed by atoms with E-state index in [1.807, 2.05) is 24.3 Å². The van der Waals surface area contributed by atoms with Crippen molar-refractivity contribution < 1.29 is 4.74 Å². The lowest BCUT2D eigenvalue weighted by Crippen LogP contribution is -1.84. The van der Waals surface area contributed by atoms with Gasteiger partial charge in [-0.1, -0.05) is 36.1 Å². The molecule has 0 heterocycles. The van der Waals surface area contributed by atoms with Crippen molar-refractivity contribution in [2.24, 2.45) is 0 Å². The van der Waals surface area contributed by atoms with Crippen LogP contribution in [0.5, 0.6) is 5.75 Å². The number of fused-ring (bicyclic) bond motifs is 1. The van der Waals surface area contributed by atoms with Crippen molar-refractivity contribution >= 4 is 33.4 Å². The molecule has 3 rings (SSSR count). The zero-order chi connectivity index (χ0) is 14.7. The van der Waals surface area contributed by atoms with Crippen LogP contribution >= 0.6 is 22.6 Å². The maximum atomic E-state index is 5.16. The van der Waals surface area contributed by atoms with E-state index in [0.29, 0.717) is 0 Å². The van der Waals surface area contributed by atoms with E-state index in [4.69, 9.17) is 4.74 Å². The van der Waals surface area contributed by atoms with E-state index < -0.39 is 0 Å². The third-order valence-corrected chi connectivity index (χ3v) is 4.18. The monoisotopic (exact) mass is 384 g/mol. The fourth-order valence-electron chi connectivity index (χ4n) is 2.21. The van der Waals surface area contributed by atoms with Crippen molar-refractivity contribution in [3.63, 3.8) is 0 Å². The van der Waals surface area contributed by atoms with Gasteiger partial charge in [0, 0.05) is 20.1 Å². The quantitative estimate of drug-likeness (QED) is 0.431. The summed E-state index contributed by atoms with van der Waals surface area (Å²) in [5.74, 6) is 7.36. The molecule has 3 aromatic carbocycles. The van der Waals surface area contributed by atoms with Crippen LogP contribution in [0.3, 0.4) is 0 Å². The minimum absolute atomic E-state index is 0.847. The predicted molar refractivity (Wildman–Crippen MR) is 95.6 cm³/mol. The van der Waals surface area contributed by atoms with Gasteiger partial charge in [0.25, 0.3) is 0 Å². The third-order valence-electron chi connectivity index (χ3n) is 3.29. The Hall–Kier alpha value is -1.99. The highest BCUT2D eigenvalue weighted by atomic mass is 127. The molecule has 0 saturated heterocycles. The summed E-state index contributed by atoms with van der Waals surface area (Å²) in [7, 11) is 1.67. The first-order valence-corrected chi connectivity index (χ1v) is 7.69. The molecule has 0 radical (unpaired) electrons. The van der Waals surface area contributed by atoms with E-state index in [-0.39, 0.29) is 0 Å². The van der Waals surface area contributed by atoms with E-state index in [0.717, 1.165) is 16.9 Å². The highest BCUT2D eigenvalue weighted by Gasteiger charge is 2.01. The molecular weight excluding hydrogens is 371 g/mol. The Morgan fingerprint density at radius 1 is 0.857 bits per heavy atom. The molecular formula is C19H13IO. The van der Waals surface area contributed by atoms with Crippen molar-refractivity contribution in [3.05, 3.63) is 75.4 Å². The molecule has 0 fully saturated rings. The molecule has 0 N–H and O–H groups in total. The Balaban J connectivity index is 2.04. The van der Waals surface area contributed by atoms with Crippen molar-refractivity contribution in [1.29, 1.82) is 0 Å². The Bertz CT molecular complexity index is 834. The largest absolute Gasteiger partial charge is 0.497 e. The predicted octanol–water partition coefficient (Wildman–Crippen LogP) is 4.85. The van der Waals surface area contributed by atoms with Crippen LogP contribution in [0, 0.1) is 15.4 Å². The smallest absolute Gasteiger partial charge is 0.118 e. The second-order valence-electron chi connectivity index (χ2n) is 4.62. The minimum atomic E-state index is 0.847. The second-order valence-corrected chi connectivity index (χ2v) is 5.78. The number of hydrogen-bond acceptors (Lipinski definition) is 1. The fourth-order valence-corrected chi connectivity index (χ4v) is 3.02. The highest BCUT2D eigenvalue weighted by Crippen LogP contribution is 2.24. The molecule has 0 amide bonds. The average Bonchev–Trinajstić information content (AvgIpc) is 2.53. The Labute approximate surface area is 138 Å². The summed E-state index contributed by atoms with van der Waals surface area (Å²) >= 11 is 2.36. The lowest BCUT2D eigenvalue weighted by Gasteiger charge is -2.03. The summed E-state index contributed by atoms with van der Waals surface area (Å²) in [6.45, 7) is 0. The van der Waals surface area contributed by atoms with E-state index in [9.17, 15) is 0 Å². The van der Waals surface area contributed by atoms with E-state index in [1.165, 1.54) is 14.3 Å². The zero-order valence-corrected chi connectivity index (χ0v) is 13.7. The maximum absolute atomic E-state index is 5.16. The maximum Gasteiger partial charge on any atom is 0.118 e. The summed E-state index contributed by atoms with van der Waals surface area (Å²) in [4.78, 5) is 0. The molecule has 0 aliphatic carbocycles. The van der Waals surface area contributed by atoms with Gasteiger partial charge in [-0.05, 0) is 64.4 Å². The Kier molecular flexibility index (Phi) is 4.12. The van der Waals surface area contributed by atoms with Crippen molar-refractivity contribution in [2.75, 3.05) is 7.11 Å². The molecule has 0 unspecified atom stereocenters. The van der Waals surface area contributed by atoms with Crippen LogP contribution in [0.1, 0.15) is 11.1 Å². The van der Waals surface area contributed by atoms with Crippen LogP contribution in [0.25, 0.3) is 10.8 Å². The minimum Gasteiger partial charge on any atom is -0.497 e. The van der Waals surface area contributed by atoms with E-state index in [2.05, 4.69) is 70.8 Å². The first-order chi connectivity index (χ1) is 10.3. The lowest BCUT2D eigenvalue weighted by atomic mass is 10.0. The van der Waals surface area contributed by atoms with E-state index >= 15 is 0 Å². The van der Waals surface area contributed by atoms with Crippen molar-refractivity contribution in [1.82, 2.24) is 0 Å². The van der Waals surface area contributed by atoms with Gasteiger partial charge < -0.3 is 4.74 Å². The molecule has 0 bridgehead atoms. The zero-order valence-electron chi connectivity index (χ0n) is 11.6. The summed E-state index contributed by atoms with van der Waals surface area (Å²) in [5.41, 5.74) is 2.05. The first kappa shape index (κ1) is 14.0. The number of halogens is 1. The number of rotatable bonds is 1. The van der Waals surface area contributed by atoms with Gasteiger partial charge in [-0.15, -0.1) is 0 Å². The van der Waals surface area contributed by atoms with Gasteiger partial charge in [-0.2, -0.15) is 0 Å². The summed E-state index contributed by atoms with van der Waals surface area (Å²) in [6, 6.07) is 20.4. The summed E-state index contributed by atoms with van der Waals surface area (Å²) in [6.07, 6.45) is 0. The molecule has 0 aliphatic heterocycles. The average molecular weight is 384 g/mol. The van der Waals surface area contributed by atoms with Gasteiger partial charge in [0.2, 0.25) is 0 Å². The molecule has 0 saturated carbocycles. The summed E-state index contributed by atoms with van der Waals surface area (Å²) < 4.78 is 6.38. The van der Waals surface area contributed by atoms with Gasteiger partial charge in [-0.3, -0.25) is 0 Å². The lowest BCUT2D eigenvalue weighted by molar-refractivity contribution is 0.415. The molecule has 102 valence electrons. The summed E-state index contributed by atoms with van der Waals surface area (Å²) in [5, 5.41) is 2.45. The molecule has 0 aromatic heterocycles. The molecule has 3 aromatic rings. The van der Waals surface area contributed by atoms with Crippen LogP contribution in [0.2, 0.25) is 0 Å². The van der Waals surface area contributed by atoms with Crippen LogP contribution in [-0.2, 0) is 0 Å². The molecule has 0 spiro atoms. The highest BCUT2D eigenvalue weighted by molar-refractivity contribution is 14.1.